The van der Waals surface area contributed by atoms with E-state index in [0.717, 1.165) is 38.8 Å². The Balaban J connectivity index is 1.80. The Hall–Kier alpha value is -2.50. The van der Waals surface area contributed by atoms with Crippen LogP contribution in [0.3, 0.4) is 0 Å². The van der Waals surface area contributed by atoms with Crippen LogP contribution >= 0.6 is 0 Å². The van der Waals surface area contributed by atoms with Crippen molar-refractivity contribution in [1.82, 2.24) is 14.5 Å². The van der Waals surface area contributed by atoms with Crippen LogP contribution in [0.15, 0.2) is 14.8 Å². The minimum atomic E-state index is -0.316. The van der Waals surface area contributed by atoms with Crippen molar-refractivity contribution in [2.24, 2.45) is 15.7 Å². The van der Waals surface area contributed by atoms with Crippen LogP contribution in [0.2, 0.25) is 0 Å². The van der Waals surface area contributed by atoms with E-state index in [-0.39, 0.29) is 30.3 Å². The Labute approximate surface area is 188 Å². The van der Waals surface area contributed by atoms with E-state index in [2.05, 4.69) is 33.5 Å². The molecule has 1 saturated heterocycles. The van der Waals surface area contributed by atoms with Gasteiger partial charge in [0.05, 0.1) is 19.8 Å². The summed E-state index contributed by atoms with van der Waals surface area (Å²) >= 11 is 0. The topological polar surface area (TPSA) is 137 Å². The molecule has 0 radical (unpaired) electrons. The number of nitrogens with two attached hydrogens (primary N) is 1. The molecule has 0 aliphatic carbocycles. The molecule has 2 rings (SSSR count). The van der Waals surface area contributed by atoms with Crippen LogP contribution in [0.4, 0.5) is 5.82 Å². The highest BCUT2D eigenvalue weighted by Gasteiger charge is 2.21. The van der Waals surface area contributed by atoms with Crippen molar-refractivity contribution in [3.05, 3.63) is 16.2 Å². The number of aliphatic imine (C=N–C) groups is 2. The number of carbonyl (C=O) groups excluding carboxylic acids is 1. The number of likely N-dealkylation sites (tertiary alicyclic amines) is 1. The lowest BCUT2D eigenvalue weighted by Crippen LogP contribution is -2.40. The fraction of sp³-hybridized carbons (Fsp3) is 0.714. The number of amidine groups is 1. The molecule has 11 nitrogen and oxygen atoms in total. The highest BCUT2D eigenvalue weighted by molar-refractivity contribution is 5.99. The number of aromatic nitrogens is 2. The third-order valence-electron chi connectivity index (χ3n) is 5.33. The molecule has 0 unspecified atom stereocenters. The number of aromatic amines is 1. The maximum Gasteiger partial charge on any atom is 0.327 e. The second-order valence-corrected chi connectivity index (χ2v) is 7.65. The number of methoxy groups -OCH3 is 1. The molecule has 1 aliphatic rings. The summed E-state index contributed by atoms with van der Waals surface area (Å²) in [4.78, 5) is 36.6. The molecule has 1 aliphatic heterocycles. The first-order valence-corrected chi connectivity index (χ1v) is 11.1. The van der Waals surface area contributed by atoms with Gasteiger partial charge in [-0.15, -0.1) is 0 Å². The Kier molecular flexibility index (Phi) is 11.1. The molecule has 1 aromatic rings. The Morgan fingerprint density at radius 2 is 2.03 bits per heavy atom. The number of hydrogen-bond donors (Lipinski definition) is 2. The standard InChI is InChI=1S/C21H36N6O5/c1-4-5-12-31-15-24-19(22)18-20(23-2)27(21(29)25-18)9-6-13-32-16-7-10-26(11-8-16)14-17(28)30-3/h16H,2,4-15H2,1,3H3,(H2,22,24)(H,25,29). The molecule has 11 heteroatoms. The van der Waals surface area contributed by atoms with Gasteiger partial charge in [-0.2, -0.15) is 0 Å². The molecule has 32 heavy (non-hydrogen) atoms. The van der Waals surface area contributed by atoms with E-state index in [1.165, 1.54) is 11.7 Å². The molecule has 0 atom stereocenters. The monoisotopic (exact) mass is 452 g/mol. The number of H-pyrrole nitrogens is 1. The van der Waals surface area contributed by atoms with Crippen molar-refractivity contribution in [3.8, 4) is 0 Å². The highest BCUT2D eigenvalue weighted by atomic mass is 16.5. The van der Waals surface area contributed by atoms with Crippen molar-refractivity contribution < 1.29 is 19.0 Å². The largest absolute Gasteiger partial charge is 0.468 e. The average Bonchev–Trinajstić information content (AvgIpc) is 3.12. The highest BCUT2D eigenvalue weighted by Crippen LogP contribution is 2.17. The van der Waals surface area contributed by atoms with Gasteiger partial charge in [0.15, 0.2) is 5.82 Å². The first kappa shape index (κ1) is 25.8. The Morgan fingerprint density at radius 1 is 1.28 bits per heavy atom. The van der Waals surface area contributed by atoms with Gasteiger partial charge in [0.2, 0.25) is 0 Å². The number of rotatable bonds is 14. The number of ether oxygens (including phenoxy) is 3. The molecule has 3 N–H and O–H groups in total. The summed E-state index contributed by atoms with van der Waals surface area (Å²) in [5, 5.41) is 0. The molecule has 0 saturated carbocycles. The Bertz CT molecular complexity index is 810. The molecule has 180 valence electrons. The van der Waals surface area contributed by atoms with Gasteiger partial charge in [-0.05, 0) is 32.4 Å². The second kappa shape index (κ2) is 13.8. The van der Waals surface area contributed by atoms with Crippen molar-refractivity contribution in [2.45, 2.75) is 51.7 Å². The first-order valence-electron chi connectivity index (χ1n) is 11.1. The summed E-state index contributed by atoms with van der Waals surface area (Å²) in [6.45, 7) is 9.23. The van der Waals surface area contributed by atoms with E-state index in [1.54, 1.807) is 0 Å². The summed E-state index contributed by atoms with van der Waals surface area (Å²) in [6.07, 6.45) is 4.50. The molecule has 1 fully saturated rings. The minimum Gasteiger partial charge on any atom is -0.468 e. The predicted octanol–water partition coefficient (Wildman–Crippen LogP) is 1.03. The molecular formula is C21H36N6O5. The van der Waals surface area contributed by atoms with Crippen molar-refractivity contribution in [3.63, 3.8) is 0 Å². The summed E-state index contributed by atoms with van der Waals surface area (Å²) in [7, 11) is 1.40. The van der Waals surface area contributed by atoms with E-state index < -0.39 is 0 Å². The van der Waals surface area contributed by atoms with Crippen LogP contribution in [-0.2, 0) is 25.5 Å². The SMILES string of the molecule is C=Nc1c(/C(N)=N\COCCCC)[nH]c(=O)n1CCCOC1CCN(CC(=O)OC)CC1. The van der Waals surface area contributed by atoms with Gasteiger partial charge in [0.1, 0.15) is 18.3 Å². The fourth-order valence-corrected chi connectivity index (χ4v) is 3.47. The molecule has 2 heterocycles. The summed E-state index contributed by atoms with van der Waals surface area (Å²) < 4.78 is 17.5. The van der Waals surface area contributed by atoms with Gasteiger partial charge in [-0.3, -0.25) is 14.3 Å². The number of carbonyl (C=O) groups is 1. The first-order chi connectivity index (χ1) is 15.5. The molecule has 0 aromatic carbocycles. The average molecular weight is 453 g/mol. The van der Waals surface area contributed by atoms with Crippen LogP contribution in [0.5, 0.6) is 0 Å². The van der Waals surface area contributed by atoms with Gasteiger partial charge in [-0.25, -0.2) is 14.8 Å². The van der Waals surface area contributed by atoms with Crippen LogP contribution in [-0.4, -0.2) is 85.8 Å². The van der Waals surface area contributed by atoms with Crippen LogP contribution < -0.4 is 11.4 Å². The zero-order chi connectivity index (χ0) is 23.3. The predicted molar refractivity (Wildman–Crippen MR) is 123 cm³/mol. The lowest BCUT2D eigenvalue weighted by Gasteiger charge is -2.31. The molecule has 0 spiro atoms. The van der Waals surface area contributed by atoms with Crippen molar-refractivity contribution >= 4 is 24.3 Å². The second-order valence-electron chi connectivity index (χ2n) is 7.65. The molecular weight excluding hydrogens is 416 g/mol. The van der Waals surface area contributed by atoms with Crippen LogP contribution in [0.25, 0.3) is 0 Å². The smallest absolute Gasteiger partial charge is 0.327 e. The van der Waals surface area contributed by atoms with Gasteiger partial charge in [0, 0.05) is 32.8 Å². The van der Waals surface area contributed by atoms with Crippen LogP contribution in [0, 0.1) is 0 Å². The number of nitrogens with one attached hydrogen (secondary N) is 1. The third kappa shape index (κ3) is 7.88. The van der Waals surface area contributed by atoms with E-state index in [9.17, 15) is 9.59 Å². The number of esters is 1. The summed E-state index contributed by atoms with van der Waals surface area (Å²) in [5.74, 6) is 0.303. The summed E-state index contributed by atoms with van der Waals surface area (Å²) in [5.41, 5.74) is 6.05. The number of piperidine rings is 1. The molecule has 1 aromatic heterocycles. The zero-order valence-electron chi connectivity index (χ0n) is 19.2. The number of imidazole rings is 1. The summed E-state index contributed by atoms with van der Waals surface area (Å²) in [6, 6.07) is 0. The fourth-order valence-electron chi connectivity index (χ4n) is 3.47. The van der Waals surface area contributed by atoms with Gasteiger partial charge in [0.25, 0.3) is 0 Å². The lowest BCUT2D eigenvalue weighted by molar-refractivity contribution is -0.142. The van der Waals surface area contributed by atoms with E-state index in [0.29, 0.717) is 44.2 Å². The quantitative estimate of drug-likeness (QED) is 0.186. The van der Waals surface area contributed by atoms with Gasteiger partial charge < -0.3 is 24.9 Å². The van der Waals surface area contributed by atoms with Crippen LogP contribution in [0.1, 0.15) is 44.7 Å². The van der Waals surface area contributed by atoms with Crippen molar-refractivity contribution in [2.75, 3.05) is 46.7 Å². The minimum absolute atomic E-state index is 0.127. The Morgan fingerprint density at radius 3 is 2.69 bits per heavy atom. The molecule has 0 bridgehead atoms. The van der Waals surface area contributed by atoms with Gasteiger partial charge >= 0.3 is 11.7 Å². The van der Waals surface area contributed by atoms with Gasteiger partial charge in [-0.1, -0.05) is 13.3 Å². The number of unbranched alkanes of at least 4 members (excludes halogenated alkanes) is 1. The maximum atomic E-state index is 12.4. The normalized spacial score (nSPS) is 15.8. The van der Waals surface area contributed by atoms with E-state index in [4.69, 9.17) is 19.9 Å². The zero-order valence-corrected chi connectivity index (χ0v) is 19.2. The lowest BCUT2D eigenvalue weighted by atomic mass is 10.1. The maximum absolute atomic E-state index is 12.4. The number of nitrogens with zero attached hydrogens (tertiary/aromatic N) is 4. The molecule has 0 amide bonds. The van der Waals surface area contributed by atoms with E-state index in [1.807, 2.05) is 0 Å². The van der Waals surface area contributed by atoms with Crippen molar-refractivity contribution in [1.29, 1.82) is 0 Å². The third-order valence-corrected chi connectivity index (χ3v) is 5.33. The van der Waals surface area contributed by atoms with E-state index >= 15 is 0 Å². The number of hydrogen-bond acceptors (Lipinski definition) is 8.